The molecule has 28 heavy (non-hydrogen) atoms. The number of pyridine rings is 1. The molecule has 1 N–H and O–H groups in total. The van der Waals surface area contributed by atoms with Gasteiger partial charge in [0.15, 0.2) is 5.82 Å². The van der Waals surface area contributed by atoms with E-state index in [9.17, 15) is 0 Å². The summed E-state index contributed by atoms with van der Waals surface area (Å²) in [5, 5.41) is 3.73. The smallest absolute Gasteiger partial charge is 0.224 e. The topological polar surface area (TPSA) is 53.9 Å². The quantitative estimate of drug-likeness (QED) is 0.583. The van der Waals surface area contributed by atoms with Crippen LogP contribution in [0.5, 0.6) is 0 Å². The Morgan fingerprint density at radius 2 is 1.82 bits per heavy atom. The first kappa shape index (κ1) is 19.8. The molecule has 0 spiro atoms. The van der Waals surface area contributed by atoms with Crippen molar-refractivity contribution in [3.05, 3.63) is 82.9 Å². The van der Waals surface area contributed by atoms with Crippen LogP contribution >= 0.6 is 11.6 Å². The lowest BCUT2D eigenvalue weighted by Crippen LogP contribution is -2.15. The van der Waals surface area contributed by atoms with E-state index in [2.05, 4.69) is 59.8 Å². The third-order valence-electron chi connectivity index (χ3n) is 4.65. The summed E-state index contributed by atoms with van der Waals surface area (Å²) >= 11 is 6.42. The average molecular weight is 394 g/mol. The molecule has 0 saturated carbocycles. The third kappa shape index (κ3) is 4.49. The summed E-state index contributed by atoms with van der Waals surface area (Å²) in [6.45, 7) is 10.9. The van der Waals surface area contributed by atoms with Crippen molar-refractivity contribution in [2.75, 3.05) is 16.8 Å². The Morgan fingerprint density at radius 3 is 2.54 bits per heavy atom. The van der Waals surface area contributed by atoms with Gasteiger partial charge in [0.05, 0.1) is 11.9 Å². The molecule has 0 saturated heterocycles. The number of nitrogens with zero attached hydrogens (tertiary/aromatic N) is 4. The normalized spacial score (nSPS) is 10.6. The van der Waals surface area contributed by atoms with Gasteiger partial charge in [0.2, 0.25) is 5.95 Å². The summed E-state index contributed by atoms with van der Waals surface area (Å²) in [5.41, 5.74) is 5.78. The molecule has 0 bridgehead atoms. The summed E-state index contributed by atoms with van der Waals surface area (Å²) in [6, 6.07) is 8.28. The second-order valence-corrected chi connectivity index (χ2v) is 7.08. The van der Waals surface area contributed by atoms with Gasteiger partial charge in [0, 0.05) is 25.1 Å². The zero-order valence-electron chi connectivity index (χ0n) is 16.4. The van der Waals surface area contributed by atoms with Crippen LogP contribution in [0.15, 0.2) is 55.6 Å². The van der Waals surface area contributed by atoms with Gasteiger partial charge in [-0.05, 0) is 67.6 Å². The Kier molecular flexibility index (Phi) is 6.26. The zero-order valence-corrected chi connectivity index (χ0v) is 17.2. The fraction of sp³-hybridized carbons (Fsp3) is 0.227. The van der Waals surface area contributed by atoms with Gasteiger partial charge in [-0.2, -0.15) is 4.98 Å². The van der Waals surface area contributed by atoms with Gasteiger partial charge < -0.3 is 10.2 Å². The molecule has 0 fully saturated rings. The van der Waals surface area contributed by atoms with E-state index in [1.807, 2.05) is 17.0 Å². The maximum absolute atomic E-state index is 6.42. The fourth-order valence-electron chi connectivity index (χ4n) is 2.98. The minimum Gasteiger partial charge on any atom is -0.354 e. The first-order valence-electron chi connectivity index (χ1n) is 9.14. The molecular weight excluding hydrogens is 370 g/mol. The molecule has 0 unspecified atom stereocenters. The monoisotopic (exact) mass is 393 g/mol. The van der Waals surface area contributed by atoms with E-state index < -0.39 is 0 Å². The van der Waals surface area contributed by atoms with Crippen molar-refractivity contribution in [2.45, 2.75) is 27.2 Å². The van der Waals surface area contributed by atoms with Gasteiger partial charge in [0.25, 0.3) is 0 Å². The van der Waals surface area contributed by atoms with Crippen LogP contribution in [0.2, 0.25) is 5.02 Å². The molecule has 1 aromatic carbocycles. The van der Waals surface area contributed by atoms with Crippen molar-refractivity contribution in [1.29, 1.82) is 0 Å². The molecule has 0 aliphatic carbocycles. The van der Waals surface area contributed by atoms with E-state index in [1.165, 1.54) is 16.7 Å². The Hall–Kier alpha value is -2.92. The number of hydrogen-bond donors (Lipinski definition) is 1. The number of halogens is 1. The largest absolute Gasteiger partial charge is 0.354 e. The van der Waals surface area contributed by atoms with Crippen LogP contribution in [-0.2, 0) is 6.42 Å². The average Bonchev–Trinajstić information content (AvgIpc) is 2.69. The first-order valence-corrected chi connectivity index (χ1v) is 9.52. The molecule has 0 aliphatic heterocycles. The second kappa shape index (κ2) is 8.85. The highest BCUT2D eigenvalue weighted by molar-refractivity contribution is 6.33. The Morgan fingerprint density at radius 1 is 1.11 bits per heavy atom. The highest BCUT2D eigenvalue weighted by Gasteiger charge is 2.16. The predicted octanol–water partition coefficient (Wildman–Crippen LogP) is 5.39. The van der Waals surface area contributed by atoms with E-state index in [0.717, 1.165) is 17.7 Å². The molecule has 2 heterocycles. The number of aryl methyl sites for hydroxylation is 3. The highest BCUT2D eigenvalue weighted by atomic mass is 35.5. The lowest BCUT2D eigenvalue weighted by atomic mass is 10.0. The third-order valence-corrected chi connectivity index (χ3v) is 4.92. The fourth-order valence-corrected chi connectivity index (χ4v) is 3.17. The Balaban J connectivity index is 1.83. The van der Waals surface area contributed by atoms with Crippen molar-refractivity contribution in [2.24, 2.45) is 0 Å². The number of anilines is 3. The van der Waals surface area contributed by atoms with Crippen LogP contribution in [0.25, 0.3) is 0 Å². The summed E-state index contributed by atoms with van der Waals surface area (Å²) in [7, 11) is 0. The van der Waals surface area contributed by atoms with Gasteiger partial charge in [-0.3, -0.25) is 4.98 Å². The van der Waals surface area contributed by atoms with Crippen molar-refractivity contribution in [3.63, 3.8) is 0 Å². The van der Waals surface area contributed by atoms with Gasteiger partial charge >= 0.3 is 0 Å². The molecule has 6 heteroatoms. The van der Waals surface area contributed by atoms with Crippen molar-refractivity contribution >= 4 is 29.1 Å². The summed E-state index contributed by atoms with van der Waals surface area (Å²) in [5.74, 6) is 1.13. The van der Waals surface area contributed by atoms with E-state index in [-0.39, 0.29) is 0 Å². The number of rotatable bonds is 7. The second-order valence-electron chi connectivity index (χ2n) is 6.67. The van der Waals surface area contributed by atoms with Crippen LogP contribution in [0, 0.1) is 20.8 Å². The summed E-state index contributed by atoms with van der Waals surface area (Å²) < 4.78 is 0. The molecule has 144 valence electrons. The molecule has 0 amide bonds. The van der Waals surface area contributed by atoms with E-state index >= 15 is 0 Å². The van der Waals surface area contributed by atoms with Gasteiger partial charge in [-0.15, -0.1) is 0 Å². The Labute approximate surface area is 171 Å². The number of nitrogens with one attached hydrogen (secondary N) is 1. The molecular formula is C22H24ClN5. The molecule has 2 aromatic heterocycles. The molecule has 0 radical (unpaired) electrons. The molecule has 0 aliphatic rings. The van der Waals surface area contributed by atoms with Crippen molar-refractivity contribution in [1.82, 2.24) is 15.0 Å². The number of hydrogen-bond acceptors (Lipinski definition) is 5. The van der Waals surface area contributed by atoms with Gasteiger partial charge in [-0.1, -0.05) is 24.2 Å². The van der Waals surface area contributed by atoms with Crippen LogP contribution in [0.3, 0.4) is 0 Å². The van der Waals surface area contributed by atoms with Crippen LogP contribution in [-0.4, -0.2) is 21.5 Å². The standard InChI is InChI=1S/C22H24ClN5/c1-5-28(20-13-16(3)15(2)12-17(20)4)21-19(23)14-26-22(27-21)25-11-8-18-6-9-24-10-7-18/h5-7,9-10,12-14H,1,8,11H2,2-4H3,(H,25,26,27). The molecule has 3 aromatic rings. The van der Waals surface area contributed by atoms with E-state index in [1.54, 1.807) is 24.8 Å². The van der Waals surface area contributed by atoms with Crippen LogP contribution in [0.4, 0.5) is 17.5 Å². The Bertz CT molecular complexity index is 972. The first-order chi connectivity index (χ1) is 13.5. The molecule has 5 nitrogen and oxygen atoms in total. The lowest BCUT2D eigenvalue weighted by Gasteiger charge is -2.23. The van der Waals surface area contributed by atoms with Crippen LogP contribution in [0.1, 0.15) is 22.3 Å². The zero-order chi connectivity index (χ0) is 20.1. The van der Waals surface area contributed by atoms with Gasteiger partial charge in [-0.25, -0.2) is 4.98 Å². The minimum atomic E-state index is 0.470. The molecule has 0 atom stereocenters. The summed E-state index contributed by atoms with van der Waals surface area (Å²) in [6.07, 6.45) is 7.78. The molecule has 3 rings (SSSR count). The maximum atomic E-state index is 6.42. The van der Waals surface area contributed by atoms with Crippen molar-refractivity contribution < 1.29 is 0 Å². The summed E-state index contributed by atoms with van der Waals surface area (Å²) in [4.78, 5) is 14.9. The maximum Gasteiger partial charge on any atom is 0.224 e. The highest BCUT2D eigenvalue weighted by Crippen LogP contribution is 2.34. The minimum absolute atomic E-state index is 0.470. The van der Waals surface area contributed by atoms with E-state index in [0.29, 0.717) is 23.3 Å². The number of aromatic nitrogens is 3. The van der Waals surface area contributed by atoms with Gasteiger partial charge in [0.1, 0.15) is 5.02 Å². The van der Waals surface area contributed by atoms with Crippen molar-refractivity contribution in [3.8, 4) is 0 Å². The number of benzene rings is 1. The predicted molar refractivity (Wildman–Crippen MR) is 116 cm³/mol. The lowest BCUT2D eigenvalue weighted by molar-refractivity contribution is 0.975. The SMILES string of the molecule is C=CN(c1cc(C)c(C)cc1C)c1nc(NCCc2ccncc2)ncc1Cl. The van der Waals surface area contributed by atoms with E-state index in [4.69, 9.17) is 11.6 Å². The van der Waals surface area contributed by atoms with Crippen LogP contribution < -0.4 is 10.2 Å².